The smallest absolute Gasteiger partial charge is 0.262 e. The second kappa shape index (κ2) is 10.6. The highest BCUT2D eigenvalue weighted by molar-refractivity contribution is 6.34. The van der Waals surface area contributed by atoms with Crippen LogP contribution in [0.2, 0.25) is 0 Å². The van der Waals surface area contributed by atoms with Crippen LogP contribution in [0.25, 0.3) is 10.8 Å². The van der Waals surface area contributed by atoms with Gasteiger partial charge in [0.1, 0.15) is 5.75 Å². The highest BCUT2D eigenvalue weighted by atomic mass is 16.3. The summed E-state index contributed by atoms with van der Waals surface area (Å²) in [6, 6.07) is 9.22. The van der Waals surface area contributed by atoms with Gasteiger partial charge in [-0.3, -0.25) is 29.0 Å². The van der Waals surface area contributed by atoms with Crippen molar-refractivity contribution >= 4 is 34.4 Å². The summed E-state index contributed by atoms with van der Waals surface area (Å²) >= 11 is 0. The third kappa shape index (κ3) is 5.50. The number of carbonyl (C=O) groups is 4. The first-order chi connectivity index (χ1) is 20.1. The fraction of sp³-hybridized carbons (Fsp3) is 0.333. The Morgan fingerprint density at radius 1 is 0.674 bits per heavy atom. The van der Waals surface area contributed by atoms with E-state index in [1.165, 1.54) is 21.9 Å². The molecule has 2 N–H and O–H groups in total. The normalized spacial score (nSPS) is 14.9. The molecule has 0 spiro atoms. The van der Waals surface area contributed by atoms with Crippen molar-refractivity contribution in [3.63, 3.8) is 0 Å². The molecule has 222 valence electrons. The van der Waals surface area contributed by atoms with Crippen molar-refractivity contribution in [3.8, 4) is 17.6 Å². The largest absolute Gasteiger partial charge is 0.508 e. The molecule has 2 heterocycles. The van der Waals surface area contributed by atoms with Crippen molar-refractivity contribution in [1.29, 1.82) is 0 Å². The van der Waals surface area contributed by atoms with Gasteiger partial charge in [0.2, 0.25) is 0 Å². The van der Waals surface area contributed by atoms with Crippen LogP contribution in [0.15, 0.2) is 36.4 Å². The maximum Gasteiger partial charge on any atom is 0.262 e. The van der Waals surface area contributed by atoms with Crippen molar-refractivity contribution in [2.45, 2.75) is 6.61 Å². The van der Waals surface area contributed by atoms with E-state index in [4.69, 9.17) is 0 Å². The molecule has 0 atom stereocenters. The van der Waals surface area contributed by atoms with E-state index in [1.54, 1.807) is 24.3 Å². The average molecular weight is 585 g/mol. The van der Waals surface area contributed by atoms with Crippen LogP contribution >= 0.6 is 0 Å². The number of rotatable bonds is 7. The van der Waals surface area contributed by atoms with Gasteiger partial charge in [-0.05, 0) is 36.4 Å². The number of likely N-dealkylation sites (N-methyl/N-ethyl adjacent to an activating group) is 2. The molecular formula is C33H36N4O6+2. The lowest BCUT2D eigenvalue weighted by Gasteiger charge is -2.34. The minimum Gasteiger partial charge on any atom is -0.508 e. The van der Waals surface area contributed by atoms with Gasteiger partial charge in [0.15, 0.2) is 0 Å². The second-order valence-corrected chi connectivity index (χ2v) is 13.1. The number of phenols is 1. The Labute approximate surface area is 250 Å². The van der Waals surface area contributed by atoms with Crippen molar-refractivity contribution in [3.05, 3.63) is 75.3 Å². The number of hydrogen-bond donors (Lipinski definition) is 2. The second-order valence-electron chi connectivity index (χ2n) is 13.1. The zero-order valence-corrected chi connectivity index (χ0v) is 25.3. The molecule has 0 radical (unpaired) electrons. The van der Waals surface area contributed by atoms with Crippen molar-refractivity contribution in [2.24, 2.45) is 0 Å². The number of aliphatic hydroxyl groups excluding tert-OH is 1. The molecular weight excluding hydrogens is 548 g/mol. The first kappa shape index (κ1) is 29.9. The Kier molecular flexibility index (Phi) is 7.38. The summed E-state index contributed by atoms with van der Waals surface area (Å²) in [5.41, 5.74) is 1.91. The van der Waals surface area contributed by atoms with Crippen LogP contribution in [0.1, 0.15) is 58.1 Å². The van der Waals surface area contributed by atoms with Gasteiger partial charge in [-0.25, -0.2) is 0 Å². The standard InChI is InChI=1S/C33H35N4O6/c1-36(2,3)15-13-34-30(40)23-10-11-24-29-27(33(43)35(31(24)41)14-16-37(4,5)6)21(18-25(28(23)29)32(34)42)9-7-20-8-12-26(39)22(17-20)19-38/h8,10-12,17-18,38H,13-16,19H2,1-6H3/q+1/p+1. The maximum absolute atomic E-state index is 14.1. The number of aromatic hydroxyl groups is 1. The number of imide groups is 2. The summed E-state index contributed by atoms with van der Waals surface area (Å²) < 4.78 is 1.08. The van der Waals surface area contributed by atoms with E-state index in [-0.39, 0.29) is 58.6 Å². The predicted molar refractivity (Wildman–Crippen MR) is 160 cm³/mol. The van der Waals surface area contributed by atoms with Crippen molar-refractivity contribution < 1.29 is 38.4 Å². The summed E-state index contributed by atoms with van der Waals surface area (Å²) in [6.45, 7) is 1.04. The lowest BCUT2D eigenvalue weighted by atomic mass is 9.83. The number of quaternary nitrogens is 2. The Balaban J connectivity index is 1.74. The molecule has 0 aromatic heterocycles. The lowest BCUT2D eigenvalue weighted by molar-refractivity contribution is -0.869. The van der Waals surface area contributed by atoms with E-state index >= 15 is 0 Å². The number of carbonyl (C=O) groups excluding carboxylic acids is 4. The van der Waals surface area contributed by atoms with E-state index in [0.29, 0.717) is 38.6 Å². The summed E-state index contributed by atoms with van der Waals surface area (Å²) in [6.07, 6.45) is 0. The van der Waals surface area contributed by atoms with Gasteiger partial charge in [0.25, 0.3) is 23.6 Å². The fourth-order valence-corrected chi connectivity index (χ4v) is 5.30. The quantitative estimate of drug-likeness (QED) is 0.250. The molecule has 3 aromatic rings. The maximum atomic E-state index is 14.1. The monoisotopic (exact) mass is 584 g/mol. The lowest BCUT2D eigenvalue weighted by Crippen LogP contribution is -2.49. The molecule has 0 saturated heterocycles. The molecule has 10 nitrogen and oxygen atoms in total. The van der Waals surface area contributed by atoms with E-state index < -0.39 is 23.6 Å². The van der Waals surface area contributed by atoms with E-state index in [0.717, 1.165) is 0 Å². The van der Waals surface area contributed by atoms with Gasteiger partial charge < -0.3 is 19.2 Å². The molecule has 0 bridgehead atoms. The Bertz CT molecular complexity index is 1790. The molecule has 3 aromatic carbocycles. The molecule has 43 heavy (non-hydrogen) atoms. The van der Waals surface area contributed by atoms with Crippen LogP contribution < -0.4 is 0 Å². The third-order valence-electron chi connectivity index (χ3n) is 7.75. The first-order valence-electron chi connectivity index (χ1n) is 14.0. The topological polar surface area (TPSA) is 115 Å². The molecule has 0 saturated carbocycles. The van der Waals surface area contributed by atoms with E-state index in [1.807, 2.05) is 42.3 Å². The third-order valence-corrected chi connectivity index (χ3v) is 7.75. The Morgan fingerprint density at radius 2 is 1.21 bits per heavy atom. The van der Waals surface area contributed by atoms with Crippen LogP contribution in [-0.4, -0.2) is 121 Å². The molecule has 2 aliphatic rings. The highest BCUT2D eigenvalue weighted by Gasteiger charge is 2.41. The molecule has 0 unspecified atom stereocenters. The predicted octanol–water partition coefficient (Wildman–Crippen LogP) is 2.04. The first-order valence-corrected chi connectivity index (χ1v) is 14.0. The summed E-state index contributed by atoms with van der Waals surface area (Å²) in [4.78, 5) is 57.7. The average Bonchev–Trinajstić information content (AvgIpc) is 2.92. The number of nitrogens with zero attached hydrogens (tertiary/aromatic N) is 4. The summed E-state index contributed by atoms with van der Waals surface area (Å²) in [7, 11) is 11.8. The minimum atomic E-state index is -0.534. The van der Waals surface area contributed by atoms with E-state index in [2.05, 4.69) is 11.8 Å². The zero-order chi connectivity index (χ0) is 31.4. The SMILES string of the molecule is C[N+](C)(C)CCN1C(=O)c2ccc3c4c(c(C#Cc5ccc(O)c(CO)c5)cc(c24)C1=O)C(=O)N(CC[N+](C)(C)C)C3=O. The van der Waals surface area contributed by atoms with Gasteiger partial charge in [-0.2, -0.15) is 0 Å². The minimum absolute atomic E-state index is 0.0683. The number of aliphatic hydroxyl groups is 1. The molecule has 4 amide bonds. The molecule has 2 aliphatic heterocycles. The fourth-order valence-electron chi connectivity index (χ4n) is 5.30. The Hall–Kier alpha value is -4.56. The van der Waals surface area contributed by atoms with Crippen LogP contribution in [-0.2, 0) is 6.61 Å². The van der Waals surface area contributed by atoms with Gasteiger partial charge in [0.05, 0.1) is 80.6 Å². The van der Waals surface area contributed by atoms with Gasteiger partial charge in [-0.1, -0.05) is 11.8 Å². The van der Waals surface area contributed by atoms with Gasteiger partial charge in [-0.15, -0.1) is 0 Å². The van der Waals surface area contributed by atoms with Crippen LogP contribution in [0, 0.1) is 11.8 Å². The molecule has 0 aliphatic carbocycles. The van der Waals surface area contributed by atoms with Gasteiger partial charge >= 0.3 is 0 Å². The number of benzene rings is 3. The van der Waals surface area contributed by atoms with Crippen molar-refractivity contribution in [1.82, 2.24) is 9.80 Å². The molecule has 10 heteroatoms. The number of hydrogen-bond acceptors (Lipinski definition) is 6. The van der Waals surface area contributed by atoms with Gasteiger partial charge in [0, 0.05) is 44.2 Å². The Morgan fingerprint density at radius 3 is 1.77 bits per heavy atom. The van der Waals surface area contributed by atoms with Crippen LogP contribution in [0.3, 0.4) is 0 Å². The van der Waals surface area contributed by atoms with Crippen molar-refractivity contribution in [2.75, 3.05) is 68.5 Å². The summed E-state index contributed by atoms with van der Waals surface area (Å²) in [5.74, 6) is 3.97. The molecule has 0 fully saturated rings. The van der Waals surface area contributed by atoms with E-state index in [9.17, 15) is 29.4 Å². The number of amides is 4. The highest BCUT2D eigenvalue weighted by Crippen LogP contribution is 2.39. The van der Waals surface area contributed by atoms with Crippen LogP contribution in [0.5, 0.6) is 5.75 Å². The zero-order valence-electron chi connectivity index (χ0n) is 25.3. The molecule has 5 rings (SSSR count). The van der Waals surface area contributed by atoms with Crippen LogP contribution in [0.4, 0.5) is 0 Å². The summed E-state index contributed by atoms with van der Waals surface area (Å²) in [5, 5.41) is 20.1.